The standard InChI is InChI=1S/C30H34O9/c1-7-36-23-13-25-28(30(37-14-26(32)33)21(23)11-9-18(4)5)29(34)27-20(10-8-17(2)3)19(6)22(12-24(27)39-25)38-16-35-15-31/h8-9,12-13,15H,7,10-11,14,16H2,1-6H3,(H,32,33). The molecule has 9 nitrogen and oxygen atoms in total. The van der Waals surface area contributed by atoms with Gasteiger partial charge < -0.3 is 28.5 Å². The Bertz CT molecular complexity index is 1500. The highest BCUT2D eigenvalue weighted by Gasteiger charge is 2.24. The van der Waals surface area contributed by atoms with Gasteiger partial charge in [-0.2, -0.15) is 0 Å². The Kier molecular flexibility index (Phi) is 9.76. The van der Waals surface area contributed by atoms with Gasteiger partial charge >= 0.3 is 5.97 Å². The van der Waals surface area contributed by atoms with Crippen molar-refractivity contribution < 1.29 is 38.1 Å². The van der Waals surface area contributed by atoms with Crippen molar-refractivity contribution in [2.24, 2.45) is 0 Å². The van der Waals surface area contributed by atoms with E-state index in [9.17, 15) is 19.5 Å². The van der Waals surface area contributed by atoms with Crippen molar-refractivity contribution in [3.63, 3.8) is 0 Å². The van der Waals surface area contributed by atoms with Crippen LogP contribution in [-0.2, 0) is 27.2 Å². The first-order chi connectivity index (χ1) is 18.6. The Morgan fingerprint density at radius 3 is 2.13 bits per heavy atom. The van der Waals surface area contributed by atoms with Crippen LogP contribution in [0.1, 0.15) is 51.3 Å². The normalized spacial score (nSPS) is 10.7. The van der Waals surface area contributed by atoms with E-state index in [0.717, 1.165) is 11.1 Å². The molecule has 0 amide bonds. The molecule has 0 saturated carbocycles. The summed E-state index contributed by atoms with van der Waals surface area (Å²) in [6.07, 6.45) is 4.72. The summed E-state index contributed by atoms with van der Waals surface area (Å²) in [6.45, 7) is 11.1. The lowest BCUT2D eigenvalue weighted by Gasteiger charge is -2.18. The molecule has 1 aromatic heterocycles. The first kappa shape index (κ1) is 29.3. The van der Waals surface area contributed by atoms with Crippen LogP contribution < -0.4 is 19.6 Å². The monoisotopic (exact) mass is 538 g/mol. The van der Waals surface area contributed by atoms with Gasteiger partial charge in [-0.1, -0.05) is 23.3 Å². The van der Waals surface area contributed by atoms with Gasteiger partial charge in [0.05, 0.1) is 12.0 Å². The second-order valence-electron chi connectivity index (χ2n) is 9.45. The third-order valence-electron chi connectivity index (χ3n) is 6.03. The maximum Gasteiger partial charge on any atom is 0.341 e. The molecule has 0 atom stereocenters. The number of hydrogen-bond acceptors (Lipinski definition) is 8. The summed E-state index contributed by atoms with van der Waals surface area (Å²) in [6, 6.07) is 3.22. The number of carbonyl (C=O) groups is 2. The Hall–Kier alpha value is -4.27. The minimum absolute atomic E-state index is 0.122. The van der Waals surface area contributed by atoms with Gasteiger partial charge in [-0.15, -0.1) is 0 Å². The maximum absolute atomic E-state index is 14.2. The van der Waals surface area contributed by atoms with Gasteiger partial charge in [0.1, 0.15) is 33.8 Å². The topological polar surface area (TPSA) is 122 Å². The van der Waals surface area contributed by atoms with E-state index in [2.05, 4.69) is 0 Å². The SMILES string of the molecule is CCOc1cc2oc3cc(OCOC=O)c(C)c(CC=C(C)C)c3c(=O)c2c(OCC(=O)O)c1CC=C(C)C. The van der Waals surface area contributed by atoms with E-state index >= 15 is 0 Å². The van der Waals surface area contributed by atoms with Gasteiger partial charge in [0.15, 0.2) is 6.61 Å². The van der Waals surface area contributed by atoms with Crippen LogP contribution in [0.3, 0.4) is 0 Å². The first-order valence-electron chi connectivity index (χ1n) is 12.6. The molecule has 0 aliphatic rings. The minimum atomic E-state index is -1.18. The molecule has 0 spiro atoms. The van der Waals surface area contributed by atoms with Crippen LogP contribution in [0.2, 0.25) is 0 Å². The summed E-state index contributed by atoms with van der Waals surface area (Å²) in [5.74, 6) is -0.227. The Morgan fingerprint density at radius 2 is 1.54 bits per heavy atom. The fourth-order valence-electron chi connectivity index (χ4n) is 4.22. The lowest BCUT2D eigenvalue weighted by Crippen LogP contribution is -2.15. The number of carboxylic acids is 1. The van der Waals surface area contributed by atoms with Gasteiger partial charge in [-0.05, 0) is 65.5 Å². The zero-order chi connectivity index (χ0) is 28.7. The lowest BCUT2D eigenvalue weighted by atomic mass is 9.96. The fourth-order valence-corrected chi connectivity index (χ4v) is 4.22. The number of carbonyl (C=O) groups excluding carboxylic acids is 1. The van der Waals surface area contributed by atoms with E-state index < -0.39 is 12.6 Å². The number of carboxylic acid groups (broad SMARTS) is 1. The van der Waals surface area contributed by atoms with E-state index in [4.69, 9.17) is 23.4 Å². The van der Waals surface area contributed by atoms with Gasteiger partial charge in [-0.3, -0.25) is 9.59 Å². The summed E-state index contributed by atoms with van der Waals surface area (Å²) in [5.41, 5.74) is 4.11. The molecule has 39 heavy (non-hydrogen) atoms. The van der Waals surface area contributed by atoms with Gasteiger partial charge in [-0.25, -0.2) is 4.79 Å². The summed E-state index contributed by atoms with van der Waals surface area (Å²) >= 11 is 0. The Morgan fingerprint density at radius 1 is 0.923 bits per heavy atom. The number of ether oxygens (including phenoxy) is 4. The van der Waals surface area contributed by atoms with Crippen molar-refractivity contribution in [2.75, 3.05) is 20.0 Å². The number of hydrogen-bond donors (Lipinski definition) is 1. The second kappa shape index (κ2) is 13.0. The lowest BCUT2D eigenvalue weighted by molar-refractivity contribution is -0.139. The molecular formula is C30H34O9. The predicted octanol–water partition coefficient (Wildman–Crippen LogP) is 5.64. The number of fused-ring (bicyclic) bond motifs is 2. The van der Waals surface area contributed by atoms with Crippen molar-refractivity contribution in [3.8, 4) is 17.2 Å². The molecule has 0 bridgehead atoms. The molecule has 0 saturated heterocycles. The zero-order valence-electron chi connectivity index (χ0n) is 23.1. The average Bonchev–Trinajstić information content (AvgIpc) is 2.86. The molecule has 1 N–H and O–H groups in total. The smallest absolute Gasteiger partial charge is 0.341 e. The summed E-state index contributed by atoms with van der Waals surface area (Å²) in [7, 11) is 0. The maximum atomic E-state index is 14.2. The van der Waals surface area contributed by atoms with Crippen molar-refractivity contribution in [1.82, 2.24) is 0 Å². The van der Waals surface area contributed by atoms with Crippen LogP contribution in [0.25, 0.3) is 21.9 Å². The molecule has 0 aliphatic carbocycles. The molecule has 9 heteroatoms. The third kappa shape index (κ3) is 6.79. The molecule has 0 radical (unpaired) electrons. The zero-order valence-corrected chi connectivity index (χ0v) is 23.1. The van der Waals surface area contributed by atoms with Gasteiger partial charge in [0.2, 0.25) is 12.2 Å². The predicted molar refractivity (Wildman–Crippen MR) is 148 cm³/mol. The molecule has 3 rings (SSSR count). The van der Waals surface area contributed by atoms with Crippen molar-refractivity contribution >= 4 is 34.4 Å². The van der Waals surface area contributed by atoms with Crippen LogP contribution in [0.15, 0.2) is 44.6 Å². The molecule has 1 heterocycles. The molecule has 0 unspecified atom stereocenters. The summed E-state index contributed by atoms with van der Waals surface area (Å²) in [5, 5.41) is 9.84. The van der Waals surface area contributed by atoms with Gasteiger partial charge in [0, 0.05) is 17.7 Å². The van der Waals surface area contributed by atoms with Crippen LogP contribution >= 0.6 is 0 Å². The number of allylic oxidation sites excluding steroid dienone is 4. The van der Waals surface area contributed by atoms with Crippen LogP contribution in [-0.4, -0.2) is 37.6 Å². The molecule has 2 aromatic carbocycles. The number of benzene rings is 2. The third-order valence-corrected chi connectivity index (χ3v) is 6.03. The molecule has 208 valence electrons. The van der Waals surface area contributed by atoms with E-state index in [0.29, 0.717) is 53.0 Å². The second-order valence-corrected chi connectivity index (χ2v) is 9.45. The summed E-state index contributed by atoms with van der Waals surface area (Å²) in [4.78, 5) is 36.3. The fraction of sp³-hybridized carbons (Fsp3) is 0.367. The van der Waals surface area contributed by atoms with E-state index in [1.54, 1.807) is 12.1 Å². The van der Waals surface area contributed by atoms with E-state index in [1.807, 2.05) is 53.7 Å². The number of aliphatic carboxylic acids is 1. The average molecular weight is 539 g/mol. The van der Waals surface area contributed by atoms with Crippen LogP contribution in [0.5, 0.6) is 17.2 Å². The summed E-state index contributed by atoms with van der Waals surface area (Å²) < 4.78 is 28.2. The van der Waals surface area contributed by atoms with Crippen molar-refractivity contribution in [3.05, 3.63) is 62.3 Å². The quantitative estimate of drug-likeness (QED) is 0.0968. The molecule has 3 aromatic rings. The first-order valence-corrected chi connectivity index (χ1v) is 12.6. The van der Waals surface area contributed by atoms with Crippen LogP contribution in [0, 0.1) is 6.92 Å². The van der Waals surface area contributed by atoms with Gasteiger partial charge in [0.25, 0.3) is 6.47 Å². The molecule has 0 fully saturated rings. The Labute approximate surface area is 226 Å². The van der Waals surface area contributed by atoms with Crippen LogP contribution in [0.4, 0.5) is 0 Å². The minimum Gasteiger partial charge on any atom is -0.493 e. The van der Waals surface area contributed by atoms with E-state index in [-0.39, 0.29) is 41.0 Å². The highest BCUT2D eigenvalue weighted by Crippen LogP contribution is 2.40. The van der Waals surface area contributed by atoms with E-state index in [1.165, 1.54) is 0 Å². The molecule has 0 aliphatic heterocycles. The highest BCUT2D eigenvalue weighted by molar-refractivity contribution is 5.97. The highest BCUT2D eigenvalue weighted by atomic mass is 16.7. The van der Waals surface area contributed by atoms with Crippen molar-refractivity contribution in [1.29, 1.82) is 0 Å². The Balaban J connectivity index is 2.47. The largest absolute Gasteiger partial charge is 0.493 e. The molecular weight excluding hydrogens is 504 g/mol. The number of rotatable bonds is 13. The van der Waals surface area contributed by atoms with Crippen molar-refractivity contribution in [2.45, 2.75) is 54.4 Å².